The molecule has 110 valence electrons. The lowest BCUT2D eigenvalue weighted by Crippen LogP contribution is -2.17. The maximum Gasteiger partial charge on any atom is 0.166 e. The summed E-state index contributed by atoms with van der Waals surface area (Å²) in [7, 11) is 1.65. The number of para-hydroxylation sites is 1. The van der Waals surface area contributed by atoms with Gasteiger partial charge < -0.3 is 19.5 Å². The van der Waals surface area contributed by atoms with Crippen LogP contribution in [0.15, 0.2) is 40.9 Å². The van der Waals surface area contributed by atoms with Crippen LogP contribution >= 0.6 is 15.9 Å². The number of halogens is 1. The van der Waals surface area contributed by atoms with Gasteiger partial charge in [0, 0.05) is 17.8 Å². The minimum atomic E-state index is 0.595. The van der Waals surface area contributed by atoms with E-state index < -0.39 is 0 Å². The van der Waals surface area contributed by atoms with Gasteiger partial charge >= 0.3 is 0 Å². The highest BCUT2D eigenvalue weighted by Gasteiger charge is 2.15. The SMILES string of the molecule is COc1ccc(NCc2cccc3c2OCCO3)cc1Br. The largest absolute Gasteiger partial charge is 0.496 e. The van der Waals surface area contributed by atoms with Crippen molar-refractivity contribution in [1.82, 2.24) is 0 Å². The zero-order chi connectivity index (χ0) is 14.7. The average molecular weight is 350 g/mol. The summed E-state index contributed by atoms with van der Waals surface area (Å²) in [6.07, 6.45) is 0. The normalized spacial score (nSPS) is 12.9. The van der Waals surface area contributed by atoms with Crippen LogP contribution in [0.25, 0.3) is 0 Å². The van der Waals surface area contributed by atoms with E-state index >= 15 is 0 Å². The predicted octanol–water partition coefficient (Wildman–Crippen LogP) is 3.84. The third-order valence-electron chi connectivity index (χ3n) is 3.28. The summed E-state index contributed by atoms with van der Waals surface area (Å²) in [4.78, 5) is 0. The summed E-state index contributed by atoms with van der Waals surface area (Å²) in [5.74, 6) is 2.47. The van der Waals surface area contributed by atoms with Crippen molar-refractivity contribution in [3.05, 3.63) is 46.4 Å². The molecule has 0 aromatic heterocycles. The molecule has 0 bridgehead atoms. The minimum Gasteiger partial charge on any atom is -0.496 e. The molecular weight excluding hydrogens is 334 g/mol. The molecule has 0 radical (unpaired) electrons. The zero-order valence-corrected chi connectivity index (χ0v) is 13.3. The van der Waals surface area contributed by atoms with Gasteiger partial charge in [-0.2, -0.15) is 0 Å². The van der Waals surface area contributed by atoms with Gasteiger partial charge in [0.05, 0.1) is 11.6 Å². The van der Waals surface area contributed by atoms with Crippen molar-refractivity contribution in [2.45, 2.75) is 6.54 Å². The molecule has 1 N–H and O–H groups in total. The molecule has 5 heteroatoms. The van der Waals surface area contributed by atoms with E-state index in [4.69, 9.17) is 14.2 Å². The van der Waals surface area contributed by atoms with Crippen LogP contribution in [0.1, 0.15) is 5.56 Å². The van der Waals surface area contributed by atoms with Crippen molar-refractivity contribution in [1.29, 1.82) is 0 Å². The van der Waals surface area contributed by atoms with Crippen LogP contribution in [-0.4, -0.2) is 20.3 Å². The number of benzene rings is 2. The van der Waals surface area contributed by atoms with Crippen LogP contribution in [0.3, 0.4) is 0 Å². The quantitative estimate of drug-likeness (QED) is 0.910. The molecule has 0 unspecified atom stereocenters. The summed E-state index contributed by atoms with van der Waals surface area (Å²) in [5, 5.41) is 3.38. The minimum absolute atomic E-state index is 0.595. The van der Waals surface area contributed by atoms with Crippen LogP contribution in [0.5, 0.6) is 17.2 Å². The summed E-state index contributed by atoms with van der Waals surface area (Å²) >= 11 is 3.48. The molecule has 1 heterocycles. The number of ether oxygens (including phenoxy) is 3. The summed E-state index contributed by atoms with van der Waals surface area (Å²) in [5.41, 5.74) is 2.09. The molecule has 0 saturated carbocycles. The molecule has 0 atom stereocenters. The number of nitrogens with one attached hydrogen (secondary N) is 1. The Morgan fingerprint density at radius 1 is 1.19 bits per heavy atom. The van der Waals surface area contributed by atoms with Crippen molar-refractivity contribution in [3.8, 4) is 17.2 Å². The average Bonchev–Trinajstić information content (AvgIpc) is 2.53. The van der Waals surface area contributed by atoms with E-state index in [-0.39, 0.29) is 0 Å². The van der Waals surface area contributed by atoms with E-state index in [0.717, 1.165) is 33.0 Å². The number of hydrogen-bond acceptors (Lipinski definition) is 4. The molecule has 0 aliphatic carbocycles. The maximum absolute atomic E-state index is 5.71. The Hall–Kier alpha value is -1.88. The van der Waals surface area contributed by atoms with Crippen LogP contribution in [-0.2, 0) is 6.54 Å². The molecule has 1 aliphatic heterocycles. The van der Waals surface area contributed by atoms with Crippen molar-refractivity contribution >= 4 is 21.6 Å². The molecule has 0 spiro atoms. The van der Waals surface area contributed by atoms with E-state index in [9.17, 15) is 0 Å². The van der Waals surface area contributed by atoms with E-state index in [1.807, 2.05) is 36.4 Å². The van der Waals surface area contributed by atoms with Crippen molar-refractivity contribution < 1.29 is 14.2 Å². The van der Waals surface area contributed by atoms with Gasteiger partial charge in [-0.25, -0.2) is 0 Å². The molecule has 0 amide bonds. The molecule has 3 rings (SSSR count). The third-order valence-corrected chi connectivity index (χ3v) is 3.90. The molecule has 2 aromatic rings. The Balaban J connectivity index is 1.75. The van der Waals surface area contributed by atoms with E-state index in [1.54, 1.807) is 7.11 Å². The van der Waals surface area contributed by atoms with Crippen LogP contribution in [0.2, 0.25) is 0 Å². The first kappa shape index (κ1) is 14.1. The highest BCUT2D eigenvalue weighted by Crippen LogP contribution is 2.34. The number of fused-ring (bicyclic) bond motifs is 1. The fourth-order valence-corrected chi connectivity index (χ4v) is 2.79. The highest BCUT2D eigenvalue weighted by molar-refractivity contribution is 9.10. The van der Waals surface area contributed by atoms with Crippen LogP contribution in [0.4, 0.5) is 5.69 Å². The second kappa shape index (κ2) is 6.26. The molecule has 4 nitrogen and oxygen atoms in total. The van der Waals surface area contributed by atoms with Gasteiger partial charge in [0.1, 0.15) is 19.0 Å². The number of methoxy groups -OCH3 is 1. The first-order chi connectivity index (χ1) is 10.3. The van der Waals surface area contributed by atoms with Crippen LogP contribution in [0, 0.1) is 0 Å². The number of rotatable bonds is 4. The Labute approximate surface area is 132 Å². The Kier molecular flexibility index (Phi) is 4.20. The Bertz CT molecular complexity index is 645. The lowest BCUT2D eigenvalue weighted by atomic mass is 10.1. The summed E-state index contributed by atoms with van der Waals surface area (Å²) in [6.45, 7) is 1.87. The standard InChI is InChI=1S/C16H16BrNO3/c1-19-14-6-5-12(9-13(14)17)18-10-11-3-2-4-15-16(11)21-8-7-20-15/h2-6,9,18H,7-8,10H2,1H3. The fourth-order valence-electron chi connectivity index (χ4n) is 2.25. The van der Waals surface area contributed by atoms with E-state index in [0.29, 0.717) is 19.8 Å². The Morgan fingerprint density at radius 2 is 2.05 bits per heavy atom. The Morgan fingerprint density at radius 3 is 2.86 bits per heavy atom. The second-order valence-corrected chi connectivity index (χ2v) is 5.50. The highest BCUT2D eigenvalue weighted by atomic mass is 79.9. The van der Waals surface area contributed by atoms with Crippen molar-refractivity contribution in [2.75, 3.05) is 25.6 Å². The zero-order valence-electron chi connectivity index (χ0n) is 11.7. The van der Waals surface area contributed by atoms with Crippen LogP contribution < -0.4 is 19.5 Å². The second-order valence-electron chi connectivity index (χ2n) is 4.64. The monoisotopic (exact) mass is 349 g/mol. The van der Waals surface area contributed by atoms with Gasteiger partial charge in [-0.05, 0) is 40.2 Å². The van der Waals surface area contributed by atoms with Crippen molar-refractivity contribution in [2.24, 2.45) is 0 Å². The molecular formula is C16H16BrNO3. The first-order valence-electron chi connectivity index (χ1n) is 6.73. The molecule has 1 aliphatic rings. The van der Waals surface area contributed by atoms with E-state index in [1.165, 1.54) is 0 Å². The molecule has 2 aromatic carbocycles. The number of hydrogen-bond donors (Lipinski definition) is 1. The predicted molar refractivity (Wildman–Crippen MR) is 85.5 cm³/mol. The molecule has 21 heavy (non-hydrogen) atoms. The van der Waals surface area contributed by atoms with Gasteiger partial charge in [-0.1, -0.05) is 12.1 Å². The molecule has 0 saturated heterocycles. The van der Waals surface area contributed by atoms with Gasteiger partial charge in [0.15, 0.2) is 11.5 Å². The third kappa shape index (κ3) is 3.08. The molecule has 0 fully saturated rings. The lowest BCUT2D eigenvalue weighted by molar-refractivity contribution is 0.170. The first-order valence-corrected chi connectivity index (χ1v) is 7.52. The van der Waals surface area contributed by atoms with Crippen molar-refractivity contribution in [3.63, 3.8) is 0 Å². The number of anilines is 1. The fraction of sp³-hybridized carbons (Fsp3) is 0.250. The van der Waals surface area contributed by atoms with Gasteiger partial charge in [-0.15, -0.1) is 0 Å². The van der Waals surface area contributed by atoms with Gasteiger partial charge in [-0.3, -0.25) is 0 Å². The van der Waals surface area contributed by atoms with Gasteiger partial charge in [0.25, 0.3) is 0 Å². The topological polar surface area (TPSA) is 39.7 Å². The summed E-state index contributed by atoms with van der Waals surface area (Å²) < 4.78 is 17.4. The smallest absolute Gasteiger partial charge is 0.166 e. The maximum atomic E-state index is 5.71. The van der Waals surface area contributed by atoms with E-state index in [2.05, 4.69) is 21.2 Å². The lowest BCUT2D eigenvalue weighted by Gasteiger charge is -2.21. The van der Waals surface area contributed by atoms with Gasteiger partial charge in [0.2, 0.25) is 0 Å². The summed E-state index contributed by atoms with van der Waals surface area (Å²) in [6, 6.07) is 11.9.